The van der Waals surface area contributed by atoms with Crippen LogP contribution in [0.25, 0.3) is 0 Å². The summed E-state index contributed by atoms with van der Waals surface area (Å²) >= 11 is 0. The fourth-order valence-electron chi connectivity index (χ4n) is 1.82. The molecule has 0 unspecified atom stereocenters. The van der Waals surface area contributed by atoms with E-state index in [0.29, 0.717) is 5.56 Å². The maximum atomic E-state index is 12.0. The summed E-state index contributed by atoms with van der Waals surface area (Å²) in [5, 5.41) is 0. The molecule has 2 aromatic rings. The molecule has 2 amide bonds. The second-order valence-electron chi connectivity index (χ2n) is 4.75. The summed E-state index contributed by atoms with van der Waals surface area (Å²) in [6, 6.07) is 16.3. The standard InChI is InChI=1S/C16H16N2O4S/c19-15(17-18-16(20)13-7-3-1-4-8-13)11-12-23(21,22)14-9-5-2-6-10-14/h1-10H,11-12H2,(H,17,19)(H,18,20). The van der Waals surface area contributed by atoms with E-state index in [4.69, 9.17) is 0 Å². The first-order chi connectivity index (χ1) is 11.0. The van der Waals surface area contributed by atoms with Crippen LogP contribution in [0.5, 0.6) is 0 Å². The summed E-state index contributed by atoms with van der Waals surface area (Å²) in [7, 11) is -3.52. The Morgan fingerprint density at radius 2 is 1.39 bits per heavy atom. The fraction of sp³-hybridized carbons (Fsp3) is 0.125. The van der Waals surface area contributed by atoms with Crippen molar-refractivity contribution in [2.45, 2.75) is 11.3 Å². The number of amides is 2. The Bertz CT molecular complexity index is 774. The van der Waals surface area contributed by atoms with Gasteiger partial charge in [0.15, 0.2) is 9.84 Å². The van der Waals surface area contributed by atoms with Crippen LogP contribution in [0.4, 0.5) is 0 Å². The van der Waals surface area contributed by atoms with Crippen molar-refractivity contribution in [3.8, 4) is 0 Å². The number of rotatable bonds is 5. The number of hydrogen-bond acceptors (Lipinski definition) is 4. The minimum absolute atomic E-state index is 0.168. The van der Waals surface area contributed by atoms with E-state index in [1.807, 2.05) is 0 Å². The van der Waals surface area contributed by atoms with Gasteiger partial charge in [-0.2, -0.15) is 0 Å². The third kappa shape index (κ3) is 4.93. The molecule has 0 saturated heterocycles. The molecule has 23 heavy (non-hydrogen) atoms. The average molecular weight is 332 g/mol. The van der Waals surface area contributed by atoms with Gasteiger partial charge in [0, 0.05) is 12.0 Å². The lowest BCUT2D eigenvalue weighted by molar-refractivity contribution is -0.121. The van der Waals surface area contributed by atoms with Gasteiger partial charge in [-0.05, 0) is 24.3 Å². The van der Waals surface area contributed by atoms with Gasteiger partial charge < -0.3 is 0 Å². The van der Waals surface area contributed by atoms with Crippen LogP contribution in [0.1, 0.15) is 16.8 Å². The van der Waals surface area contributed by atoms with Crippen molar-refractivity contribution < 1.29 is 18.0 Å². The minimum Gasteiger partial charge on any atom is -0.273 e. The largest absolute Gasteiger partial charge is 0.273 e. The predicted molar refractivity (Wildman–Crippen MR) is 85.2 cm³/mol. The van der Waals surface area contributed by atoms with Crippen molar-refractivity contribution in [3.63, 3.8) is 0 Å². The van der Waals surface area contributed by atoms with Gasteiger partial charge in [0.2, 0.25) is 5.91 Å². The molecule has 0 atom stereocenters. The van der Waals surface area contributed by atoms with E-state index >= 15 is 0 Å². The number of sulfone groups is 1. The number of nitrogens with one attached hydrogen (secondary N) is 2. The Hall–Kier alpha value is -2.67. The summed E-state index contributed by atoms with van der Waals surface area (Å²) in [5.41, 5.74) is 4.84. The molecular formula is C16H16N2O4S. The van der Waals surface area contributed by atoms with Crippen molar-refractivity contribution in [2.24, 2.45) is 0 Å². The SMILES string of the molecule is O=C(CCS(=O)(=O)c1ccccc1)NNC(=O)c1ccccc1. The first-order valence-electron chi connectivity index (χ1n) is 6.91. The summed E-state index contributed by atoms with van der Waals surface area (Å²) in [6.45, 7) is 0. The fourth-order valence-corrected chi connectivity index (χ4v) is 3.09. The Balaban J connectivity index is 1.83. The molecule has 2 N–H and O–H groups in total. The molecule has 0 spiro atoms. The molecular weight excluding hydrogens is 316 g/mol. The second kappa shape index (κ2) is 7.55. The van der Waals surface area contributed by atoms with Crippen LogP contribution in [0.3, 0.4) is 0 Å². The third-order valence-electron chi connectivity index (χ3n) is 3.05. The van der Waals surface area contributed by atoms with Gasteiger partial charge in [-0.3, -0.25) is 20.4 Å². The molecule has 2 rings (SSSR count). The number of carbonyl (C=O) groups is 2. The van der Waals surface area contributed by atoms with E-state index in [1.54, 1.807) is 48.5 Å². The van der Waals surface area contributed by atoms with Crippen LogP contribution in [-0.2, 0) is 14.6 Å². The first-order valence-corrected chi connectivity index (χ1v) is 8.56. The van der Waals surface area contributed by atoms with Crippen LogP contribution in [-0.4, -0.2) is 26.0 Å². The highest BCUT2D eigenvalue weighted by Crippen LogP contribution is 2.10. The highest BCUT2D eigenvalue weighted by Gasteiger charge is 2.16. The molecule has 0 saturated carbocycles. The van der Waals surface area contributed by atoms with Gasteiger partial charge in [0.25, 0.3) is 5.91 Å². The monoisotopic (exact) mass is 332 g/mol. The van der Waals surface area contributed by atoms with E-state index in [-0.39, 0.29) is 17.1 Å². The molecule has 120 valence electrons. The Morgan fingerprint density at radius 3 is 2.00 bits per heavy atom. The minimum atomic E-state index is -3.52. The van der Waals surface area contributed by atoms with E-state index in [2.05, 4.69) is 10.9 Å². The van der Waals surface area contributed by atoms with Crippen molar-refractivity contribution in [2.75, 3.05) is 5.75 Å². The highest BCUT2D eigenvalue weighted by atomic mass is 32.2. The van der Waals surface area contributed by atoms with Crippen LogP contribution in [0, 0.1) is 0 Å². The molecule has 0 radical (unpaired) electrons. The van der Waals surface area contributed by atoms with Gasteiger partial charge in [-0.15, -0.1) is 0 Å². The maximum Gasteiger partial charge on any atom is 0.269 e. The van der Waals surface area contributed by atoms with Crippen LogP contribution >= 0.6 is 0 Å². The molecule has 0 aromatic heterocycles. The smallest absolute Gasteiger partial charge is 0.269 e. The summed E-state index contributed by atoms with van der Waals surface area (Å²) in [4.78, 5) is 23.6. The lowest BCUT2D eigenvalue weighted by atomic mass is 10.2. The number of benzene rings is 2. The molecule has 6 nitrogen and oxygen atoms in total. The molecule has 0 aliphatic carbocycles. The third-order valence-corrected chi connectivity index (χ3v) is 4.78. The molecule has 2 aromatic carbocycles. The zero-order valence-electron chi connectivity index (χ0n) is 12.2. The van der Waals surface area contributed by atoms with Crippen molar-refractivity contribution in [3.05, 3.63) is 66.2 Å². The topological polar surface area (TPSA) is 92.3 Å². The summed E-state index contributed by atoms with van der Waals surface area (Å²) < 4.78 is 24.1. The van der Waals surface area contributed by atoms with E-state index in [1.165, 1.54) is 12.1 Å². The first kappa shape index (κ1) is 16.7. The van der Waals surface area contributed by atoms with Gasteiger partial charge in [0.1, 0.15) is 0 Å². The Labute approximate surface area is 134 Å². The second-order valence-corrected chi connectivity index (χ2v) is 6.86. The average Bonchev–Trinajstić information content (AvgIpc) is 2.59. The lowest BCUT2D eigenvalue weighted by Gasteiger charge is -2.08. The number of hydrazine groups is 1. The number of hydrogen-bond donors (Lipinski definition) is 2. The Morgan fingerprint density at radius 1 is 0.826 bits per heavy atom. The maximum absolute atomic E-state index is 12.0. The normalized spacial score (nSPS) is 10.8. The molecule has 0 bridgehead atoms. The van der Waals surface area contributed by atoms with Crippen LogP contribution < -0.4 is 10.9 Å². The molecule has 0 aliphatic heterocycles. The highest BCUT2D eigenvalue weighted by molar-refractivity contribution is 7.91. The summed E-state index contributed by atoms with van der Waals surface area (Å²) in [5.74, 6) is -1.37. The van der Waals surface area contributed by atoms with E-state index in [9.17, 15) is 18.0 Å². The van der Waals surface area contributed by atoms with Crippen LogP contribution in [0.2, 0.25) is 0 Å². The predicted octanol–water partition coefficient (Wildman–Crippen LogP) is 1.31. The van der Waals surface area contributed by atoms with Gasteiger partial charge in [-0.1, -0.05) is 36.4 Å². The quantitative estimate of drug-likeness (QED) is 0.808. The van der Waals surface area contributed by atoms with E-state index < -0.39 is 21.7 Å². The van der Waals surface area contributed by atoms with Gasteiger partial charge >= 0.3 is 0 Å². The molecule has 7 heteroatoms. The van der Waals surface area contributed by atoms with Gasteiger partial charge in [0.05, 0.1) is 10.6 Å². The zero-order chi connectivity index (χ0) is 16.7. The van der Waals surface area contributed by atoms with Crippen LogP contribution in [0.15, 0.2) is 65.6 Å². The van der Waals surface area contributed by atoms with Crippen molar-refractivity contribution in [1.29, 1.82) is 0 Å². The lowest BCUT2D eigenvalue weighted by Crippen LogP contribution is -2.42. The zero-order valence-corrected chi connectivity index (χ0v) is 13.0. The van der Waals surface area contributed by atoms with Gasteiger partial charge in [-0.25, -0.2) is 8.42 Å². The van der Waals surface area contributed by atoms with Crippen molar-refractivity contribution in [1.82, 2.24) is 10.9 Å². The Kier molecular flexibility index (Phi) is 5.48. The van der Waals surface area contributed by atoms with Crippen molar-refractivity contribution >= 4 is 21.7 Å². The summed E-state index contributed by atoms with van der Waals surface area (Å²) in [6.07, 6.45) is -0.244. The molecule has 0 heterocycles. The number of carbonyl (C=O) groups excluding carboxylic acids is 2. The molecule has 0 fully saturated rings. The van der Waals surface area contributed by atoms with E-state index in [0.717, 1.165) is 0 Å². The molecule has 0 aliphatic rings.